The van der Waals surface area contributed by atoms with E-state index in [0.29, 0.717) is 5.56 Å². The Bertz CT molecular complexity index is 407. The predicted octanol–water partition coefficient (Wildman–Crippen LogP) is 1.98. The molecular weight excluding hydrogens is 252 g/mol. The molecule has 0 aliphatic heterocycles. The van der Waals surface area contributed by atoms with Gasteiger partial charge in [-0.2, -0.15) is 0 Å². The maximum absolute atomic E-state index is 11.9. The van der Waals surface area contributed by atoms with Crippen molar-refractivity contribution in [2.75, 3.05) is 39.0 Å². The van der Waals surface area contributed by atoms with Crippen molar-refractivity contribution in [1.29, 1.82) is 0 Å². The second-order valence-corrected chi connectivity index (χ2v) is 5.12. The fourth-order valence-electron chi connectivity index (χ4n) is 1.76. The summed E-state index contributed by atoms with van der Waals surface area (Å²) in [6.07, 6.45) is 4.80. The molecule has 0 atom stereocenters. The lowest BCUT2D eigenvalue weighted by molar-refractivity contribution is 0.0953. The Labute approximate surface area is 121 Å². The summed E-state index contributed by atoms with van der Waals surface area (Å²) in [5, 5.41) is 6.15. The molecule has 1 aromatic heterocycles. The number of aromatic nitrogens is 1. The largest absolute Gasteiger partial charge is 0.370 e. The van der Waals surface area contributed by atoms with Gasteiger partial charge in [0.05, 0.1) is 0 Å². The number of unbranched alkanes of at least 4 members (excludes halogenated alkanes) is 1. The first kappa shape index (κ1) is 16.4. The summed E-state index contributed by atoms with van der Waals surface area (Å²) in [7, 11) is 4.11. The van der Waals surface area contributed by atoms with Crippen LogP contribution in [-0.2, 0) is 0 Å². The van der Waals surface area contributed by atoms with Crippen LogP contribution in [0.4, 0.5) is 5.82 Å². The minimum absolute atomic E-state index is 0.0304. The van der Waals surface area contributed by atoms with Gasteiger partial charge in [0.2, 0.25) is 0 Å². The van der Waals surface area contributed by atoms with Crippen molar-refractivity contribution in [3.63, 3.8) is 0 Å². The quantitative estimate of drug-likeness (QED) is 0.678. The van der Waals surface area contributed by atoms with Crippen LogP contribution in [0, 0.1) is 0 Å². The normalized spacial score (nSPS) is 10.6. The monoisotopic (exact) mass is 278 g/mol. The lowest BCUT2D eigenvalue weighted by Gasteiger charge is -2.11. The molecule has 5 nitrogen and oxygen atoms in total. The topological polar surface area (TPSA) is 57.3 Å². The van der Waals surface area contributed by atoms with Crippen molar-refractivity contribution >= 4 is 11.7 Å². The highest BCUT2D eigenvalue weighted by molar-refractivity contribution is 5.94. The van der Waals surface area contributed by atoms with Gasteiger partial charge < -0.3 is 15.5 Å². The number of nitrogens with one attached hydrogen (secondary N) is 2. The highest BCUT2D eigenvalue weighted by Crippen LogP contribution is 2.07. The average Bonchev–Trinajstić information content (AvgIpc) is 2.44. The lowest BCUT2D eigenvalue weighted by atomic mass is 10.2. The summed E-state index contributed by atoms with van der Waals surface area (Å²) < 4.78 is 0. The van der Waals surface area contributed by atoms with Crippen LogP contribution in [0.15, 0.2) is 18.3 Å². The Hall–Kier alpha value is -1.62. The molecule has 20 heavy (non-hydrogen) atoms. The number of rotatable bonds is 9. The minimum Gasteiger partial charge on any atom is -0.370 e. The molecule has 0 aromatic carbocycles. The summed E-state index contributed by atoms with van der Waals surface area (Å²) in [5.74, 6) is 0.726. The number of carbonyl (C=O) groups is 1. The van der Waals surface area contributed by atoms with Crippen LogP contribution in [0.25, 0.3) is 0 Å². The van der Waals surface area contributed by atoms with E-state index in [-0.39, 0.29) is 5.91 Å². The van der Waals surface area contributed by atoms with Crippen LogP contribution >= 0.6 is 0 Å². The van der Waals surface area contributed by atoms with E-state index in [2.05, 4.69) is 41.5 Å². The van der Waals surface area contributed by atoms with Crippen LogP contribution in [-0.4, -0.2) is 49.5 Å². The molecule has 0 aliphatic carbocycles. The van der Waals surface area contributed by atoms with Crippen LogP contribution in [0.1, 0.15) is 36.5 Å². The predicted molar refractivity (Wildman–Crippen MR) is 83.1 cm³/mol. The third-order valence-corrected chi connectivity index (χ3v) is 2.93. The Morgan fingerprint density at radius 3 is 2.80 bits per heavy atom. The molecule has 0 saturated heterocycles. The number of nitrogens with zero attached hydrogens (tertiary/aromatic N) is 2. The van der Waals surface area contributed by atoms with Crippen molar-refractivity contribution in [3.8, 4) is 0 Å². The van der Waals surface area contributed by atoms with Crippen LogP contribution in [0.5, 0.6) is 0 Å². The number of anilines is 1. The van der Waals surface area contributed by atoms with Gasteiger partial charge in [0, 0.05) is 24.8 Å². The molecular formula is C15H26N4O. The van der Waals surface area contributed by atoms with Gasteiger partial charge in [0.1, 0.15) is 5.82 Å². The standard InChI is InChI=1S/C15H26N4O/c1-4-5-8-18-15(20)13-7-10-17-14(12-13)16-9-6-11-19(2)3/h7,10,12H,4-6,8-9,11H2,1-3H3,(H,16,17)(H,18,20). The van der Waals surface area contributed by atoms with Crippen molar-refractivity contribution in [2.45, 2.75) is 26.2 Å². The van der Waals surface area contributed by atoms with Gasteiger partial charge in [-0.05, 0) is 45.6 Å². The zero-order valence-corrected chi connectivity index (χ0v) is 12.8. The first-order chi connectivity index (χ1) is 9.63. The van der Waals surface area contributed by atoms with Gasteiger partial charge >= 0.3 is 0 Å². The van der Waals surface area contributed by atoms with E-state index in [4.69, 9.17) is 0 Å². The van der Waals surface area contributed by atoms with E-state index in [1.54, 1.807) is 18.3 Å². The van der Waals surface area contributed by atoms with Gasteiger partial charge in [-0.3, -0.25) is 4.79 Å². The molecule has 0 bridgehead atoms. The third-order valence-electron chi connectivity index (χ3n) is 2.93. The van der Waals surface area contributed by atoms with E-state index < -0.39 is 0 Å². The fourth-order valence-corrected chi connectivity index (χ4v) is 1.76. The second-order valence-electron chi connectivity index (χ2n) is 5.12. The summed E-state index contributed by atoms with van der Waals surface area (Å²) in [5.41, 5.74) is 0.659. The molecule has 0 saturated carbocycles. The van der Waals surface area contributed by atoms with E-state index in [1.165, 1.54) is 0 Å². The van der Waals surface area contributed by atoms with E-state index in [1.807, 2.05) is 0 Å². The molecule has 1 heterocycles. The third kappa shape index (κ3) is 6.52. The molecule has 0 aliphatic rings. The van der Waals surface area contributed by atoms with Crippen LogP contribution < -0.4 is 10.6 Å². The highest BCUT2D eigenvalue weighted by Gasteiger charge is 2.05. The Morgan fingerprint density at radius 2 is 2.10 bits per heavy atom. The summed E-state index contributed by atoms with van der Waals surface area (Å²) in [6.45, 7) is 4.72. The highest BCUT2D eigenvalue weighted by atomic mass is 16.1. The van der Waals surface area contributed by atoms with Crippen LogP contribution in [0.2, 0.25) is 0 Å². The number of amides is 1. The Balaban J connectivity index is 2.42. The first-order valence-corrected chi connectivity index (χ1v) is 7.26. The molecule has 0 unspecified atom stereocenters. The molecule has 1 rings (SSSR count). The van der Waals surface area contributed by atoms with Gasteiger partial charge in [-0.25, -0.2) is 4.98 Å². The maximum atomic E-state index is 11.9. The SMILES string of the molecule is CCCCNC(=O)c1ccnc(NCCCN(C)C)c1. The molecule has 5 heteroatoms. The second kappa shape index (κ2) is 9.31. The number of carbonyl (C=O) groups excluding carboxylic acids is 1. The van der Waals surface area contributed by atoms with Gasteiger partial charge in [-0.1, -0.05) is 13.3 Å². The fraction of sp³-hybridized carbons (Fsp3) is 0.600. The Morgan fingerprint density at radius 1 is 1.30 bits per heavy atom. The summed E-state index contributed by atoms with van der Waals surface area (Å²) in [4.78, 5) is 18.3. The first-order valence-electron chi connectivity index (χ1n) is 7.26. The minimum atomic E-state index is -0.0304. The molecule has 1 amide bonds. The van der Waals surface area contributed by atoms with Gasteiger partial charge in [-0.15, -0.1) is 0 Å². The van der Waals surface area contributed by atoms with Gasteiger partial charge in [0.15, 0.2) is 0 Å². The summed E-state index contributed by atoms with van der Waals surface area (Å²) in [6, 6.07) is 3.54. The van der Waals surface area contributed by atoms with Crippen LogP contribution in [0.3, 0.4) is 0 Å². The lowest BCUT2D eigenvalue weighted by Crippen LogP contribution is -2.24. The number of hydrogen-bond donors (Lipinski definition) is 2. The molecule has 2 N–H and O–H groups in total. The van der Waals surface area contributed by atoms with E-state index >= 15 is 0 Å². The number of pyridine rings is 1. The summed E-state index contributed by atoms with van der Waals surface area (Å²) >= 11 is 0. The van der Waals surface area contributed by atoms with Crippen molar-refractivity contribution < 1.29 is 4.79 Å². The Kier molecular flexibility index (Phi) is 7.65. The maximum Gasteiger partial charge on any atom is 0.251 e. The zero-order chi connectivity index (χ0) is 14.8. The molecule has 112 valence electrons. The van der Waals surface area contributed by atoms with Crippen molar-refractivity contribution in [3.05, 3.63) is 23.9 Å². The van der Waals surface area contributed by atoms with Crippen molar-refractivity contribution in [2.24, 2.45) is 0 Å². The number of hydrogen-bond acceptors (Lipinski definition) is 4. The molecule has 1 aromatic rings. The average molecular weight is 278 g/mol. The van der Waals surface area contributed by atoms with Gasteiger partial charge in [0.25, 0.3) is 5.91 Å². The molecule has 0 radical (unpaired) electrons. The molecule has 0 fully saturated rings. The van der Waals surface area contributed by atoms with E-state index in [0.717, 1.165) is 44.7 Å². The van der Waals surface area contributed by atoms with E-state index in [9.17, 15) is 4.79 Å². The van der Waals surface area contributed by atoms with Crippen molar-refractivity contribution in [1.82, 2.24) is 15.2 Å². The zero-order valence-electron chi connectivity index (χ0n) is 12.8. The smallest absolute Gasteiger partial charge is 0.251 e. The molecule has 0 spiro atoms.